The minimum absolute atomic E-state index is 0.233. The van der Waals surface area contributed by atoms with Gasteiger partial charge in [0, 0.05) is 33.7 Å². The Kier molecular flexibility index (Phi) is 3.16. The standard InChI is InChI=1S/C17H13BrN2O3/c1-23-9-2-4-12-11(8-9)14-13(19-12)5-3-10-15(14)17(22)20(7-6-18)16(10)21/h2-5,8,19H,6-7H2,1H3. The summed E-state index contributed by atoms with van der Waals surface area (Å²) in [4.78, 5) is 29.8. The molecule has 116 valence electrons. The van der Waals surface area contributed by atoms with Crippen molar-refractivity contribution in [3.05, 3.63) is 41.5 Å². The number of halogens is 1. The van der Waals surface area contributed by atoms with E-state index < -0.39 is 0 Å². The predicted molar refractivity (Wildman–Crippen MR) is 91.5 cm³/mol. The Morgan fingerprint density at radius 2 is 1.91 bits per heavy atom. The van der Waals surface area contributed by atoms with Crippen LogP contribution >= 0.6 is 15.9 Å². The van der Waals surface area contributed by atoms with E-state index >= 15 is 0 Å². The van der Waals surface area contributed by atoms with Crippen LogP contribution in [0.25, 0.3) is 21.8 Å². The zero-order valence-corrected chi connectivity index (χ0v) is 13.9. The third-order valence-electron chi connectivity index (χ3n) is 4.21. The van der Waals surface area contributed by atoms with Gasteiger partial charge < -0.3 is 9.72 Å². The largest absolute Gasteiger partial charge is 0.497 e. The maximum atomic E-state index is 12.7. The second-order valence-corrected chi connectivity index (χ2v) is 6.19. The summed E-state index contributed by atoms with van der Waals surface area (Å²) in [7, 11) is 1.60. The van der Waals surface area contributed by atoms with Crippen LogP contribution < -0.4 is 4.74 Å². The highest BCUT2D eigenvalue weighted by molar-refractivity contribution is 9.09. The number of hydrogen-bond donors (Lipinski definition) is 1. The van der Waals surface area contributed by atoms with Crippen LogP contribution in [0.4, 0.5) is 0 Å². The Labute approximate surface area is 140 Å². The Balaban J connectivity index is 2.06. The van der Waals surface area contributed by atoms with Gasteiger partial charge in [0.1, 0.15) is 5.75 Å². The number of rotatable bonds is 3. The molecule has 5 nitrogen and oxygen atoms in total. The van der Waals surface area contributed by atoms with Gasteiger partial charge >= 0.3 is 0 Å². The van der Waals surface area contributed by atoms with Crippen LogP contribution in [0.3, 0.4) is 0 Å². The summed E-state index contributed by atoms with van der Waals surface area (Å²) in [6, 6.07) is 9.24. The molecule has 2 aromatic carbocycles. The highest BCUT2D eigenvalue weighted by Crippen LogP contribution is 2.36. The fraction of sp³-hybridized carbons (Fsp3) is 0.176. The van der Waals surface area contributed by atoms with Crippen LogP contribution in [-0.4, -0.2) is 40.7 Å². The Hall–Kier alpha value is -2.34. The van der Waals surface area contributed by atoms with Gasteiger partial charge in [0.15, 0.2) is 0 Å². The second kappa shape index (κ2) is 5.09. The molecule has 0 spiro atoms. The number of carbonyl (C=O) groups is 2. The number of carbonyl (C=O) groups excluding carboxylic acids is 2. The van der Waals surface area contributed by atoms with Crippen molar-refractivity contribution in [3.8, 4) is 5.75 Å². The zero-order chi connectivity index (χ0) is 16.1. The first-order chi connectivity index (χ1) is 11.2. The number of benzene rings is 2. The first-order valence-corrected chi connectivity index (χ1v) is 8.32. The van der Waals surface area contributed by atoms with Gasteiger partial charge in [-0.15, -0.1) is 0 Å². The fourth-order valence-corrected chi connectivity index (χ4v) is 3.51. The third-order valence-corrected chi connectivity index (χ3v) is 4.57. The number of aromatic amines is 1. The molecule has 0 atom stereocenters. The summed E-state index contributed by atoms with van der Waals surface area (Å²) in [5, 5.41) is 2.23. The lowest BCUT2D eigenvalue weighted by Crippen LogP contribution is -2.31. The molecule has 1 aliphatic heterocycles. The summed E-state index contributed by atoms with van der Waals surface area (Å²) in [6.45, 7) is 0.361. The normalized spacial score (nSPS) is 14.1. The lowest BCUT2D eigenvalue weighted by atomic mass is 10.0. The van der Waals surface area contributed by atoms with Crippen LogP contribution in [-0.2, 0) is 0 Å². The van der Waals surface area contributed by atoms with Crippen molar-refractivity contribution >= 4 is 49.6 Å². The molecule has 1 aliphatic rings. The lowest BCUT2D eigenvalue weighted by molar-refractivity contribution is 0.0665. The van der Waals surface area contributed by atoms with Crippen molar-refractivity contribution in [2.75, 3.05) is 19.0 Å². The van der Waals surface area contributed by atoms with Gasteiger partial charge in [-0.05, 0) is 30.3 Å². The molecule has 1 aromatic heterocycles. The first-order valence-electron chi connectivity index (χ1n) is 7.20. The Morgan fingerprint density at radius 1 is 1.13 bits per heavy atom. The van der Waals surface area contributed by atoms with Crippen molar-refractivity contribution in [2.24, 2.45) is 0 Å². The fourth-order valence-electron chi connectivity index (χ4n) is 3.16. The summed E-state index contributed by atoms with van der Waals surface area (Å²) >= 11 is 3.29. The van der Waals surface area contributed by atoms with Gasteiger partial charge in [0.25, 0.3) is 11.8 Å². The van der Waals surface area contributed by atoms with E-state index in [2.05, 4.69) is 20.9 Å². The van der Waals surface area contributed by atoms with Gasteiger partial charge in [-0.3, -0.25) is 14.5 Å². The zero-order valence-electron chi connectivity index (χ0n) is 12.4. The SMILES string of the molecule is COc1ccc2[nH]c3ccc4c(c3c2c1)C(=O)N(CCBr)C4=O. The van der Waals surface area contributed by atoms with E-state index in [9.17, 15) is 9.59 Å². The molecule has 1 N–H and O–H groups in total. The van der Waals surface area contributed by atoms with Gasteiger partial charge in [-0.25, -0.2) is 0 Å². The van der Waals surface area contributed by atoms with E-state index in [0.717, 1.165) is 21.8 Å². The molecule has 0 saturated heterocycles. The van der Waals surface area contributed by atoms with Gasteiger partial charge in [-0.2, -0.15) is 0 Å². The average Bonchev–Trinajstić information content (AvgIpc) is 3.05. The number of alkyl halides is 1. The van der Waals surface area contributed by atoms with Crippen LogP contribution in [0.1, 0.15) is 20.7 Å². The van der Waals surface area contributed by atoms with Gasteiger partial charge in [-0.1, -0.05) is 15.9 Å². The topological polar surface area (TPSA) is 62.4 Å². The van der Waals surface area contributed by atoms with Crippen molar-refractivity contribution in [3.63, 3.8) is 0 Å². The molecule has 0 saturated carbocycles. The third kappa shape index (κ3) is 1.91. The van der Waals surface area contributed by atoms with Crippen LogP contribution in [0.5, 0.6) is 5.75 Å². The minimum atomic E-state index is -0.237. The summed E-state index contributed by atoms with van der Waals surface area (Å²) in [6.07, 6.45) is 0. The predicted octanol–water partition coefficient (Wildman–Crippen LogP) is 3.32. The maximum absolute atomic E-state index is 12.7. The highest BCUT2D eigenvalue weighted by atomic mass is 79.9. The molecular weight excluding hydrogens is 360 g/mol. The smallest absolute Gasteiger partial charge is 0.262 e. The molecule has 0 radical (unpaired) electrons. The minimum Gasteiger partial charge on any atom is -0.497 e. The molecule has 2 amide bonds. The molecule has 2 heterocycles. The molecule has 3 aromatic rings. The number of H-pyrrole nitrogens is 1. The van der Waals surface area contributed by atoms with Gasteiger partial charge in [0.2, 0.25) is 0 Å². The summed E-state index contributed by atoms with van der Waals surface area (Å²) in [5.74, 6) is 0.243. The van der Waals surface area contributed by atoms with Crippen molar-refractivity contribution in [1.82, 2.24) is 9.88 Å². The molecule has 6 heteroatoms. The number of hydrogen-bond acceptors (Lipinski definition) is 3. The molecule has 0 unspecified atom stereocenters. The summed E-state index contributed by atoms with van der Waals surface area (Å²) in [5.41, 5.74) is 2.70. The number of methoxy groups -OCH3 is 1. The van der Waals surface area contributed by atoms with E-state index in [-0.39, 0.29) is 11.8 Å². The average molecular weight is 373 g/mol. The molecule has 0 fully saturated rings. The molecule has 23 heavy (non-hydrogen) atoms. The van der Waals surface area contributed by atoms with Crippen LogP contribution in [0, 0.1) is 0 Å². The lowest BCUT2D eigenvalue weighted by Gasteiger charge is -2.10. The van der Waals surface area contributed by atoms with E-state index in [1.54, 1.807) is 13.2 Å². The molecule has 0 bridgehead atoms. The molecule has 4 rings (SSSR count). The van der Waals surface area contributed by atoms with Crippen molar-refractivity contribution in [2.45, 2.75) is 0 Å². The number of imide groups is 1. The second-order valence-electron chi connectivity index (χ2n) is 5.40. The number of aromatic nitrogens is 1. The number of nitrogens with one attached hydrogen (secondary N) is 1. The Bertz CT molecular complexity index is 977. The summed E-state index contributed by atoms with van der Waals surface area (Å²) < 4.78 is 5.29. The van der Waals surface area contributed by atoms with E-state index in [4.69, 9.17) is 4.74 Å². The number of nitrogens with zero attached hydrogens (tertiary/aromatic N) is 1. The molecule has 0 aliphatic carbocycles. The number of fused-ring (bicyclic) bond motifs is 5. The Morgan fingerprint density at radius 3 is 2.65 bits per heavy atom. The van der Waals surface area contributed by atoms with Crippen LogP contribution in [0.2, 0.25) is 0 Å². The number of amides is 2. The first kappa shape index (κ1) is 14.3. The van der Waals surface area contributed by atoms with E-state index in [1.807, 2.05) is 24.3 Å². The quantitative estimate of drug-likeness (QED) is 0.566. The monoisotopic (exact) mass is 372 g/mol. The van der Waals surface area contributed by atoms with Crippen molar-refractivity contribution in [1.29, 1.82) is 0 Å². The van der Waals surface area contributed by atoms with Gasteiger partial charge in [0.05, 0.1) is 18.2 Å². The number of ether oxygens (including phenoxy) is 1. The maximum Gasteiger partial charge on any atom is 0.262 e. The van der Waals surface area contributed by atoms with E-state index in [0.29, 0.717) is 28.8 Å². The highest BCUT2D eigenvalue weighted by Gasteiger charge is 2.37. The van der Waals surface area contributed by atoms with Crippen molar-refractivity contribution < 1.29 is 14.3 Å². The van der Waals surface area contributed by atoms with Crippen LogP contribution in [0.15, 0.2) is 30.3 Å². The molecular formula is C17H13BrN2O3. The van der Waals surface area contributed by atoms with E-state index in [1.165, 1.54) is 4.90 Å².